The summed E-state index contributed by atoms with van der Waals surface area (Å²) in [4.78, 5) is 4.87. The van der Waals surface area contributed by atoms with Gasteiger partial charge in [-0.2, -0.15) is 0 Å². The lowest BCUT2D eigenvalue weighted by Crippen LogP contribution is -2.53. The molecule has 2 atom stereocenters. The molecule has 0 spiro atoms. The zero-order valence-corrected chi connectivity index (χ0v) is 11.8. The lowest BCUT2D eigenvalue weighted by Gasteiger charge is -2.41. The molecule has 0 bridgehead atoms. The highest BCUT2D eigenvalue weighted by molar-refractivity contribution is 4.75. The van der Waals surface area contributed by atoms with E-state index in [0.29, 0.717) is 6.23 Å². The van der Waals surface area contributed by atoms with Crippen LogP contribution < -0.4 is 0 Å². The van der Waals surface area contributed by atoms with E-state index in [0.717, 1.165) is 45.6 Å². The monoisotopic (exact) mass is 244 g/mol. The van der Waals surface area contributed by atoms with Crippen LogP contribution in [0.5, 0.6) is 0 Å². The van der Waals surface area contributed by atoms with Crippen LogP contribution in [-0.2, 0) is 9.47 Å². The summed E-state index contributed by atoms with van der Waals surface area (Å²) in [5.41, 5.74) is 0. The van der Waals surface area contributed by atoms with Gasteiger partial charge in [-0.25, -0.2) is 0 Å². The first kappa shape index (κ1) is 14.9. The highest BCUT2D eigenvalue weighted by Crippen LogP contribution is 2.14. The van der Waals surface area contributed by atoms with E-state index in [1.807, 2.05) is 0 Å². The maximum absolute atomic E-state index is 5.76. The summed E-state index contributed by atoms with van der Waals surface area (Å²) in [6.45, 7) is 11.6. The summed E-state index contributed by atoms with van der Waals surface area (Å²) in [5.74, 6) is 0. The molecule has 17 heavy (non-hydrogen) atoms. The first-order valence-corrected chi connectivity index (χ1v) is 6.89. The second-order valence-corrected chi connectivity index (χ2v) is 4.49. The minimum Gasteiger partial charge on any atom is -0.366 e. The predicted octanol–water partition coefficient (Wildman–Crippen LogP) is 1.76. The number of methoxy groups -OCH3 is 1. The van der Waals surface area contributed by atoms with Crippen molar-refractivity contribution in [3.63, 3.8) is 0 Å². The third kappa shape index (κ3) is 4.21. The molecule has 0 aliphatic carbocycles. The summed E-state index contributed by atoms with van der Waals surface area (Å²) in [6.07, 6.45) is 2.70. The molecule has 1 fully saturated rings. The lowest BCUT2D eigenvalue weighted by atomic mass is 10.2. The molecule has 0 aromatic rings. The average Bonchev–Trinajstić information content (AvgIpc) is 2.38. The SMILES string of the molecule is CCOC(CC)N1CCN(C(CC)OC)CC1. The van der Waals surface area contributed by atoms with Crippen molar-refractivity contribution in [1.82, 2.24) is 9.80 Å². The first-order valence-electron chi connectivity index (χ1n) is 6.89. The fourth-order valence-electron chi connectivity index (χ4n) is 2.56. The van der Waals surface area contributed by atoms with Gasteiger partial charge in [-0.15, -0.1) is 0 Å². The topological polar surface area (TPSA) is 24.9 Å². The van der Waals surface area contributed by atoms with Gasteiger partial charge in [0.15, 0.2) is 0 Å². The van der Waals surface area contributed by atoms with Crippen molar-refractivity contribution >= 4 is 0 Å². The molecule has 0 amide bonds. The molecule has 1 aliphatic rings. The third-order valence-electron chi connectivity index (χ3n) is 3.49. The Labute approximate surface area is 106 Å². The van der Waals surface area contributed by atoms with E-state index in [2.05, 4.69) is 30.6 Å². The number of hydrogen-bond acceptors (Lipinski definition) is 4. The van der Waals surface area contributed by atoms with Gasteiger partial charge in [-0.05, 0) is 19.8 Å². The van der Waals surface area contributed by atoms with E-state index in [1.165, 1.54) is 0 Å². The van der Waals surface area contributed by atoms with Gasteiger partial charge in [0.2, 0.25) is 0 Å². The van der Waals surface area contributed by atoms with Crippen molar-refractivity contribution in [2.24, 2.45) is 0 Å². The van der Waals surface area contributed by atoms with Crippen LogP contribution in [0.1, 0.15) is 33.6 Å². The highest BCUT2D eigenvalue weighted by Gasteiger charge is 2.26. The van der Waals surface area contributed by atoms with Crippen molar-refractivity contribution in [2.45, 2.75) is 46.1 Å². The summed E-state index contributed by atoms with van der Waals surface area (Å²) in [7, 11) is 1.80. The van der Waals surface area contributed by atoms with Gasteiger partial charge in [0.05, 0.1) is 0 Å². The smallest absolute Gasteiger partial charge is 0.110 e. The largest absolute Gasteiger partial charge is 0.366 e. The Morgan fingerprint density at radius 1 is 0.882 bits per heavy atom. The van der Waals surface area contributed by atoms with Crippen LogP contribution in [0.4, 0.5) is 0 Å². The zero-order chi connectivity index (χ0) is 12.7. The summed E-state index contributed by atoms with van der Waals surface area (Å²) in [5, 5.41) is 0. The fraction of sp³-hybridized carbons (Fsp3) is 1.00. The van der Waals surface area contributed by atoms with Gasteiger partial charge in [0.25, 0.3) is 0 Å². The van der Waals surface area contributed by atoms with E-state index in [1.54, 1.807) is 7.11 Å². The molecule has 4 nitrogen and oxygen atoms in total. The molecule has 4 heteroatoms. The summed E-state index contributed by atoms with van der Waals surface area (Å²) in [6, 6.07) is 0. The second kappa shape index (κ2) is 8.03. The Bertz CT molecular complexity index is 190. The van der Waals surface area contributed by atoms with Crippen LogP contribution in [0.2, 0.25) is 0 Å². The molecule has 102 valence electrons. The fourth-order valence-corrected chi connectivity index (χ4v) is 2.56. The molecule has 1 rings (SSSR count). The van der Waals surface area contributed by atoms with Gasteiger partial charge in [-0.3, -0.25) is 9.80 Å². The molecule has 0 saturated carbocycles. The normalized spacial score (nSPS) is 22.6. The van der Waals surface area contributed by atoms with Gasteiger partial charge in [-0.1, -0.05) is 13.8 Å². The van der Waals surface area contributed by atoms with Crippen LogP contribution in [0.25, 0.3) is 0 Å². The van der Waals surface area contributed by atoms with Crippen LogP contribution in [-0.4, -0.2) is 62.2 Å². The molecule has 0 radical (unpaired) electrons. The maximum atomic E-state index is 5.76. The third-order valence-corrected chi connectivity index (χ3v) is 3.49. The van der Waals surface area contributed by atoms with E-state index < -0.39 is 0 Å². The van der Waals surface area contributed by atoms with Crippen molar-refractivity contribution in [3.8, 4) is 0 Å². The van der Waals surface area contributed by atoms with Crippen molar-refractivity contribution in [2.75, 3.05) is 39.9 Å². The van der Waals surface area contributed by atoms with E-state index >= 15 is 0 Å². The molecule has 1 heterocycles. The highest BCUT2D eigenvalue weighted by atomic mass is 16.5. The van der Waals surface area contributed by atoms with Crippen LogP contribution >= 0.6 is 0 Å². The molecule has 1 saturated heterocycles. The quantitative estimate of drug-likeness (QED) is 0.681. The Balaban J connectivity index is 2.38. The van der Waals surface area contributed by atoms with Gasteiger partial charge in [0.1, 0.15) is 12.5 Å². The van der Waals surface area contributed by atoms with Crippen molar-refractivity contribution < 1.29 is 9.47 Å². The Hall–Kier alpha value is -0.160. The van der Waals surface area contributed by atoms with E-state index in [4.69, 9.17) is 9.47 Å². The first-order chi connectivity index (χ1) is 8.26. The minimum atomic E-state index is 0.282. The Morgan fingerprint density at radius 2 is 1.35 bits per heavy atom. The predicted molar refractivity (Wildman–Crippen MR) is 69.9 cm³/mol. The molecular weight excluding hydrogens is 216 g/mol. The van der Waals surface area contributed by atoms with Crippen LogP contribution in [0.15, 0.2) is 0 Å². The number of rotatable bonds is 7. The number of ether oxygens (including phenoxy) is 2. The zero-order valence-electron chi connectivity index (χ0n) is 11.8. The number of nitrogens with zero attached hydrogens (tertiary/aromatic N) is 2. The van der Waals surface area contributed by atoms with E-state index in [9.17, 15) is 0 Å². The van der Waals surface area contributed by atoms with Crippen molar-refractivity contribution in [3.05, 3.63) is 0 Å². The summed E-state index contributed by atoms with van der Waals surface area (Å²) >= 11 is 0. The number of hydrogen-bond donors (Lipinski definition) is 0. The summed E-state index contributed by atoms with van der Waals surface area (Å²) < 4.78 is 11.2. The molecule has 0 aromatic heterocycles. The average molecular weight is 244 g/mol. The van der Waals surface area contributed by atoms with E-state index in [-0.39, 0.29) is 6.23 Å². The van der Waals surface area contributed by atoms with Crippen LogP contribution in [0.3, 0.4) is 0 Å². The molecule has 2 unspecified atom stereocenters. The van der Waals surface area contributed by atoms with Gasteiger partial charge in [0, 0.05) is 39.9 Å². The molecule has 0 aromatic carbocycles. The number of piperazine rings is 1. The van der Waals surface area contributed by atoms with Gasteiger partial charge >= 0.3 is 0 Å². The van der Waals surface area contributed by atoms with Crippen LogP contribution in [0, 0.1) is 0 Å². The second-order valence-electron chi connectivity index (χ2n) is 4.49. The maximum Gasteiger partial charge on any atom is 0.110 e. The lowest BCUT2D eigenvalue weighted by molar-refractivity contribution is -0.104. The Morgan fingerprint density at radius 3 is 1.71 bits per heavy atom. The van der Waals surface area contributed by atoms with Gasteiger partial charge < -0.3 is 9.47 Å². The molecule has 1 aliphatic heterocycles. The molecule has 0 N–H and O–H groups in total. The standard InChI is InChI=1S/C13H28N2O2/c1-5-12(16-4)14-8-10-15(11-9-14)13(6-2)17-7-3/h12-13H,5-11H2,1-4H3. The molecular formula is C13H28N2O2. The Kier molecular flexibility index (Phi) is 7.04. The minimum absolute atomic E-state index is 0.282. The van der Waals surface area contributed by atoms with Crippen molar-refractivity contribution in [1.29, 1.82) is 0 Å².